The van der Waals surface area contributed by atoms with Crippen LogP contribution in [0.3, 0.4) is 0 Å². The van der Waals surface area contributed by atoms with Gasteiger partial charge in [0.05, 0.1) is 18.7 Å². The Hall–Kier alpha value is -3.28. The van der Waals surface area contributed by atoms with E-state index in [1.807, 2.05) is 36.4 Å². The molecule has 1 aliphatic rings. The van der Waals surface area contributed by atoms with Crippen LogP contribution in [0.4, 0.5) is 10.5 Å². The maximum Gasteiger partial charge on any atom is 0.319 e. The molecule has 0 aromatic heterocycles. The zero-order valence-electron chi connectivity index (χ0n) is 14.0. The fourth-order valence-corrected chi connectivity index (χ4v) is 2.85. The second-order valence-corrected chi connectivity index (χ2v) is 5.63. The largest absolute Gasteiger partial charge is 0.496 e. The van der Waals surface area contributed by atoms with Crippen LogP contribution in [0.25, 0.3) is 0 Å². The van der Waals surface area contributed by atoms with Gasteiger partial charge in [0.15, 0.2) is 0 Å². The van der Waals surface area contributed by atoms with Crippen molar-refractivity contribution in [3.63, 3.8) is 0 Å². The summed E-state index contributed by atoms with van der Waals surface area (Å²) in [6.45, 7) is 1.71. The first-order chi connectivity index (χ1) is 12.1. The van der Waals surface area contributed by atoms with Gasteiger partial charge < -0.3 is 20.7 Å². The average molecular weight is 337 g/mol. The van der Waals surface area contributed by atoms with Crippen molar-refractivity contribution >= 4 is 17.6 Å². The number of hydrogen-bond donors (Lipinski definition) is 3. The van der Waals surface area contributed by atoms with E-state index in [4.69, 9.17) is 4.74 Å². The first kappa shape index (κ1) is 16.6. The minimum atomic E-state index is -0.603. The van der Waals surface area contributed by atoms with Gasteiger partial charge in [-0.05, 0) is 25.1 Å². The van der Waals surface area contributed by atoms with Crippen molar-refractivity contribution in [3.05, 3.63) is 71.4 Å². The number of urea groups is 1. The van der Waals surface area contributed by atoms with Gasteiger partial charge in [0, 0.05) is 16.9 Å². The van der Waals surface area contributed by atoms with Gasteiger partial charge in [-0.2, -0.15) is 0 Å². The average Bonchev–Trinajstić information content (AvgIpc) is 2.61. The normalized spacial score (nSPS) is 16.7. The number of benzene rings is 2. The van der Waals surface area contributed by atoms with Crippen molar-refractivity contribution in [2.45, 2.75) is 13.0 Å². The number of rotatable bonds is 4. The zero-order chi connectivity index (χ0) is 17.8. The molecule has 0 fully saturated rings. The Morgan fingerprint density at radius 1 is 1.08 bits per heavy atom. The highest BCUT2D eigenvalue weighted by Gasteiger charge is 2.32. The minimum absolute atomic E-state index is 0.285. The van der Waals surface area contributed by atoms with Crippen LogP contribution >= 0.6 is 0 Å². The Morgan fingerprint density at radius 3 is 2.48 bits per heavy atom. The molecular weight excluding hydrogens is 318 g/mol. The Bertz CT molecular complexity index is 831. The SMILES string of the molecule is COc1ccccc1C1NC(=O)NC(C)=C1C(=O)Nc1ccccc1. The molecule has 3 N–H and O–H groups in total. The van der Waals surface area contributed by atoms with Crippen LogP contribution in [0, 0.1) is 0 Å². The summed E-state index contributed by atoms with van der Waals surface area (Å²) in [6, 6.07) is 15.5. The number of carbonyl (C=O) groups is 2. The molecule has 1 heterocycles. The van der Waals surface area contributed by atoms with Crippen molar-refractivity contribution in [3.8, 4) is 5.75 Å². The third-order valence-electron chi connectivity index (χ3n) is 4.00. The van der Waals surface area contributed by atoms with E-state index in [0.717, 1.165) is 5.56 Å². The highest BCUT2D eigenvalue weighted by molar-refractivity contribution is 6.06. The van der Waals surface area contributed by atoms with Crippen molar-refractivity contribution in [2.24, 2.45) is 0 Å². The number of ether oxygens (including phenoxy) is 1. The summed E-state index contributed by atoms with van der Waals surface area (Å²) < 4.78 is 5.39. The van der Waals surface area contributed by atoms with Gasteiger partial charge in [0.1, 0.15) is 5.75 Å². The van der Waals surface area contributed by atoms with Crippen LogP contribution in [0.15, 0.2) is 65.9 Å². The van der Waals surface area contributed by atoms with Crippen molar-refractivity contribution in [2.75, 3.05) is 12.4 Å². The highest BCUT2D eigenvalue weighted by Crippen LogP contribution is 2.33. The Labute approximate surface area is 145 Å². The summed E-state index contributed by atoms with van der Waals surface area (Å²) in [5.41, 5.74) is 2.35. The molecule has 1 unspecified atom stereocenters. The lowest BCUT2D eigenvalue weighted by Crippen LogP contribution is -2.46. The number of carbonyl (C=O) groups excluding carboxylic acids is 2. The van der Waals surface area contributed by atoms with Crippen LogP contribution < -0.4 is 20.7 Å². The molecule has 128 valence electrons. The molecule has 1 atom stereocenters. The van der Waals surface area contributed by atoms with Gasteiger partial charge >= 0.3 is 6.03 Å². The first-order valence-electron chi connectivity index (χ1n) is 7.87. The number of para-hydroxylation sites is 2. The van der Waals surface area contributed by atoms with Crippen LogP contribution in [-0.4, -0.2) is 19.0 Å². The lowest BCUT2D eigenvalue weighted by molar-refractivity contribution is -0.113. The second kappa shape index (κ2) is 7.09. The van der Waals surface area contributed by atoms with Gasteiger partial charge in [-0.3, -0.25) is 4.79 Å². The van der Waals surface area contributed by atoms with E-state index in [2.05, 4.69) is 16.0 Å². The van der Waals surface area contributed by atoms with E-state index in [1.54, 1.807) is 32.2 Å². The molecule has 0 bridgehead atoms. The van der Waals surface area contributed by atoms with E-state index in [0.29, 0.717) is 22.7 Å². The van der Waals surface area contributed by atoms with Gasteiger partial charge in [0.2, 0.25) is 0 Å². The van der Waals surface area contributed by atoms with E-state index in [-0.39, 0.29) is 11.9 Å². The van der Waals surface area contributed by atoms with Crippen LogP contribution in [0.1, 0.15) is 18.5 Å². The van der Waals surface area contributed by atoms with Crippen LogP contribution in [0.2, 0.25) is 0 Å². The van der Waals surface area contributed by atoms with E-state index >= 15 is 0 Å². The fraction of sp³-hybridized carbons (Fsp3) is 0.158. The molecule has 3 rings (SSSR count). The Morgan fingerprint density at radius 2 is 1.76 bits per heavy atom. The quantitative estimate of drug-likeness (QED) is 0.802. The summed E-state index contributed by atoms with van der Waals surface area (Å²) in [7, 11) is 1.56. The zero-order valence-corrected chi connectivity index (χ0v) is 14.0. The van der Waals surface area contributed by atoms with Crippen LogP contribution in [0.5, 0.6) is 5.75 Å². The molecule has 25 heavy (non-hydrogen) atoms. The second-order valence-electron chi connectivity index (χ2n) is 5.63. The lowest BCUT2D eigenvalue weighted by Gasteiger charge is -2.29. The molecule has 2 aromatic carbocycles. The monoisotopic (exact) mass is 337 g/mol. The summed E-state index contributed by atoms with van der Waals surface area (Å²) >= 11 is 0. The molecule has 3 amide bonds. The standard InChI is InChI=1S/C19H19N3O3/c1-12-16(18(23)21-13-8-4-3-5-9-13)17(22-19(24)20-12)14-10-6-7-11-15(14)25-2/h3-11,17H,1-2H3,(H,21,23)(H2,20,22,24). The molecule has 0 saturated heterocycles. The molecule has 1 aliphatic heterocycles. The summed E-state index contributed by atoms with van der Waals surface area (Å²) in [4.78, 5) is 24.8. The Kier molecular flexibility index (Phi) is 4.70. The maximum atomic E-state index is 12.9. The topological polar surface area (TPSA) is 79.5 Å². The molecule has 0 aliphatic carbocycles. The summed E-state index contributed by atoms with van der Waals surface area (Å²) in [5.74, 6) is 0.319. The van der Waals surface area contributed by atoms with Gasteiger partial charge in [-0.1, -0.05) is 36.4 Å². The molecule has 6 nitrogen and oxygen atoms in total. The number of amides is 3. The number of anilines is 1. The number of allylic oxidation sites excluding steroid dienone is 1. The predicted molar refractivity (Wildman–Crippen MR) is 95.2 cm³/mol. The maximum absolute atomic E-state index is 12.9. The summed E-state index contributed by atoms with van der Waals surface area (Å²) in [5, 5.41) is 8.33. The molecular formula is C19H19N3O3. The molecule has 0 saturated carbocycles. The molecule has 0 spiro atoms. The highest BCUT2D eigenvalue weighted by atomic mass is 16.5. The number of nitrogens with one attached hydrogen (secondary N) is 3. The lowest BCUT2D eigenvalue weighted by atomic mass is 9.94. The predicted octanol–water partition coefficient (Wildman–Crippen LogP) is 2.96. The third-order valence-corrected chi connectivity index (χ3v) is 4.00. The van der Waals surface area contributed by atoms with E-state index < -0.39 is 6.04 Å². The van der Waals surface area contributed by atoms with Crippen molar-refractivity contribution in [1.82, 2.24) is 10.6 Å². The van der Waals surface area contributed by atoms with Gasteiger partial charge in [0.25, 0.3) is 5.91 Å². The van der Waals surface area contributed by atoms with Crippen molar-refractivity contribution < 1.29 is 14.3 Å². The Balaban J connectivity index is 1.99. The molecule has 0 radical (unpaired) electrons. The van der Waals surface area contributed by atoms with Crippen molar-refractivity contribution in [1.29, 1.82) is 0 Å². The number of methoxy groups -OCH3 is 1. The van der Waals surface area contributed by atoms with Crippen LogP contribution in [-0.2, 0) is 4.79 Å². The van der Waals surface area contributed by atoms with Gasteiger partial charge in [-0.15, -0.1) is 0 Å². The fourth-order valence-electron chi connectivity index (χ4n) is 2.85. The minimum Gasteiger partial charge on any atom is -0.496 e. The van der Waals surface area contributed by atoms with E-state index in [1.165, 1.54) is 0 Å². The van der Waals surface area contributed by atoms with E-state index in [9.17, 15) is 9.59 Å². The number of hydrogen-bond acceptors (Lipinski definition) is 3. The first-order valence-corrected chi connectivity index (χ1v) is 7.87. The molecule has 6 heteroatoms. The summed E-state index contributed by atoms with van der Waals surface area (Å²) in [6.07, 6.45) is 0. The third kappa shape index (κ3) is 3.47. The smallest absolute Gasteiger partial charge is 0.319 e. The van der Waals surface area contributed by atoms with Gasteiger partial charge in [-0.25, -0.2) is 4.79 Å². The molecule has 2 aromatic rings.